The maximum Gasteiger partial charge on any atom is 0.349 e. The Morgan fingerprint density at radius 2 is 1.86 bits per heavy atom. The van der Waals surface area contributed by atoms with Gasteiger partial charge in [-0.25, -0.2) is 4.39 Å². The fraction of sp³-hybridized carbons (Fsp3) is 0.333. The Bertz CT molecular complexity index is 84.2. The van der Waals surface area contributed by atoms with Crippen molar-refractivity contribution in [1.82, 2.24) is 0 Å². The standard InChI is InChI=1S/C3H3F3O/c1-2(4)3(5)7-6/h1H3/b3-2+. The SMILES string of the molecule is C/C(F)=C(/F)OF. The highest BCUT2D eigenvalue weighted by Crippen LogP contribution is 2.07. The highest BCUT2D eigenvalue weighted by atomic mass is 19.3. The molecule has 4 heteroatoms. The van der Waals surface area contributed by atoms with E-state index < -0.39 is 11.8 Å². The van der Waals surface area contributed by atoms with Crippen LogP contribution < -0.4 is 0 Å². The van der Waals surface area contributed by atoms with Crippen LogP contribution in [-0.4, -0.2) is 0 Å². The van der Waals surface area contributed by atoms with Gasteiger partial charge in [-0.05, 0) is 6.92 Å². The largest absolute Gasteiger partial charge is 0.349 e. The van der Waals surface area contributed by atoms with Crippen LogP contribution in [0.1, 0.15) is 6.92 Å². The minimum absolute atomic E-state index is 0.745. The zero-order valence-corrected chi connectivity index (χ0v) is 3.54. The second-order valence-electron chi connectivity index (χ2n) is 0.884. The van der Waals surface area contributed by atoms with Gasteiger partial charge in [-0.15, -0.1) is 0 Å². The van der Waals surface area contributed by atoms with E-state index in [1.807, 2.05) is 0 Å². The molecule has 0 amide bonds. The van der Waals surface area contributed by atoms with Gasteiger partial charge in [0.1, 0.15) is 0 Å². The third-order valence-electron chi connectivity index (χ3n) is 0.339. The van der Waals surface area contributed by atoms with Crippen LogP contribution in [-0.2, 0) is 4.94 Å². The van der Waals surface area contributed by atoms with E-state index in [-0.39, 0.29) is 0 Å². The van der Waals surface area contributed by atoms with E-state index in [9.17, 15) is 13.3 Å². The zero-order chi connectivity index (χ0) is 5.86. The highest BCUT2D eigenvalue weighted by molar-refractivity contribution is 4.85. The Balaban J connectivity index is 3.72. The van der Waals surface area contributed by atoms with Gasteiger partial charge >= 0.3 is 6.01 Å². The Morgan fingerprint density at radius 1 is 1.43 bits per heavy atom. The lowest BCUT2D eigenvalue weighted by atomic mass is 10.7. The quantitative estimate of drug-likeness (QED) is 0.471. The van der Waals surface area contributed by atoms with Crippen LogP contribution in [0.15, 0.2) is 11.8 Å². The smallest absolute Gasteiger partial charge is 0.260 e. The number of hydrogen-bond donors (Lipinski definition) is 0. The second kappa shape index (κ2) is 2.49. The van der Waals surface area contributed by atoms with Crippen molar-refractivity contribution < 1.29 is 18.2 Å². The molecule has 0 N–H and O–H groups in total. The average Bonchev–Trinajstić information content (AvgIpc) is 1.65. The molecule has 0 atom stereocenters. The van der Waals surface area contributed by atoms with Gasteiger partial charge in [-0.2, -0.15) is 4.39 Å². The maximum absolute atomic E-state index is 11.2. The fourth-order valence-corrected chi connectivity index (χ4v) is 0.0532. The molecule has 0 radical (unpaired) electrons. The van der Waals surface area contributed by atoms with E-state index in [1.165, 1.54) is 0 Å². The predicted molar refractivity (Wildman–Crippen MR) is 17.1 cm³/mol. The first-order valence-electron chi connectivity index (χ1n) is 1.49. The topological polar surface area (TPSA) is 9.23 Å². The van der Waals surface area contributed by atoms with E-state index in [1.54, 1.807) is 0 Å². The van der Waals surface area contributed by atoms with E-state index in [2.05, 4.69) is 4.94 Å². The van der Waals surface area contributed by atoms with E-state index in [4.69, 9.17) is 0 Å². The third-order valence-corrected chi connectivity index (χ3v) is 0.339. The molecule has 0 rings (SSSR count). The van der Waals surface area contributed by atoms with Crippen molar-refractivity contribution >= 4 is 0 Å². The summed E-state index contributed by atoms with van der Waals surface area (Å²) in [6, 6.07) is -1.82. The summed E-state index contributed by atoms with van der Waals surface area (Å²) in [6.45, 7) is 0.745. The van der Waals surface area contributed by atoms with Crippen LogP contribution in [0.25, 0.3) is 0 Å². The van der Waals surface area contributed by atoms with Crippen molar-refractivity contribution in [1.29, 1.82) is 0 Å². The predicted octanol–water partition coefficient (Wildman–Crippen LogP) is 2.02. The third kappa shape index (κ3) is 2.08. The Labute approximate surface area is 38.3 Å². The lowest BCUT2D eigenvalue weighted by molar-refractivity contribution is -0.115. The molecular weight excluding hydrogens is 109 g/mol. The van der Waals surface area contributed by atoms with Crippen LogP contribution in [0, 0.1) is 0 Å². The van der Waals surface area contributed by atoms with Gasteiger partial charge in [0.15, 0.2) is 5.83 Å². The number of allylic oxidation sites excluding steroid dienone is 1. The molecule has 0 bridgehead atoms. The van der Waals surface area contributed by atoms with Crippen LogP contribution in [0.3, 0.4) is 0 Å². The molecule has 0 saturated carbocycles. The summed E-state index contributed by atoms with van der Waals surface area (Å²) >= 11 is 0. The van der Waals surface area contributed by atoms with Crippen LogP contribution in [0.2, 0.25) is 0 Å². The van der Waals surface area contributed by atoms with Crippen LogP contribution >= 0.6 is 0 Å². The Kier molecular flexibility index (Phi) is 2.26. The van der Waals surface area contributed by atoms with Gasteiger partial charge in [0.25, 0.3) is 0 Å². The van der Waals surface area contributed by atoms with Crippen molar-refractivity contribution in [2.45, 2.75) is 6.92 Å². The number of hydrogen-bond acceptors (Lipinski definition) is 1. The molecule has 0 aromatic rings. The Hall–Kier alpha value is -0.670. The van der Waals surface area contributed by atoms with Gasteiger partial charge < -0.3 is 0 Å². The molecule has 7 heavy (non-hydrogen) atoms. The summed E-state index contributed by atoms with van der Waals surface area (Å²) in [7, 11) is 0. The molecule has 0 heterocycles. The molecule has 0 aliphatic carbocycles. The zero-order valence-electron chi connectivity index (χ0n) is 3.54. The van der Waals surface area contributed by atoms with Gasteiger partial charge in [-0.1, -0.05) is 0 Å². The second-order valence-corrected chi connectivity index (χ2v) is 0.884. The van der Waals surface area contributed by atoms with Crippen molar-refractivity contribution in [3.05, 3.63) is 11.8 Å². The molecule has 0 aliphatic heterocycles. The van der Waals surface area contributed by atoms with Gasteiger partial charge in [0, 0.05) is 4.53 Å². The normalized spacial score (nSPS) is 13.1. The molecular formula is C3H3F3O. The summed E-state index contributed by atoms with van der Waals surface area (Å²) in [6.07, 6.45) is 0. The number of rotatable bonds is 1. The van der Waals surface area contributed by atoms with Crippen LogP contribution in [0.4, 0.5) is 13.3 Å². The minimum Gasteiger partial charge on any atom is -0.260 e. The number of halogens is 3. The van der Waals surface area contributed by atoms with Gasteiger partial charge in [0.2, 0.25) is 0 Å². The Morgan fingerprint density at radius 3 is 1.86 bits per heavy atom. The lowest BCUT2D eigenvalue weighted by Crippen LogP contribution is -1.72. The molecule has 0 fully saturated rings. The molecule has 0 aromatic carbocycles. The lowest BCUT2D eigenvalue weighted by Gasteiger charge is -1.83. The van der Waals surface area contributed by atoms with E-state index in [0.29, 0.717) is 0 Å². The molecule has 0 saturated heterocycles. The van der Waals surface area contributed by atoms with E-state index >= 15 is 0 Å². The summed E-state index contributed by atoms with van der Waals surface area (Å²) in [5.74, 6) is -1.30. The fourth-order valence-electron chi connectivity index (χ4n) is 0.0532. The van der Waals surface area contributed by atoms with E-state index in [0.717, 1.165) is 6.92 Å². The van der Waals surface area contributed by atoms with Gasteiger partial charge in [-0.3, -0.25) is 4.94 Å². The van der Waals surface area contributed by atoms with Crippen molar-refractivity contribution in [3.63, 3.8) is 0 Å². The first kappa shape index (κ1) is 6.33. The van der Waals surface area contributed by atoms with Crippen molar-refractivity contribution in [2.24, 2.45) is 0 Å². The summed E-state index contributed by atoms with van der Waals surface area (Å²) in [5.41, 5.74) is 0. The van der Waals surface area contributed by atoms with Gasteiger partial charge in [0.05, 0.1) is 0 Å². The summed E-state index contributed by atoms with van der Waals surface area (Å²) < 4.78 is 32.9. The average molecular weight is 112 g/mol. The first-order chi connectivity index (χ1) is 3.18. The summed E-state index contributed by atoms with van der Waals surface area (Å²) in [5, 5.41) is 0. The monoisotopic (exact) mass is 112 g/mol. The minimum atomic E-state index is -1.82. The van der Waals surface area contributed by atoms with Crippen molar-refractivity contribution in [3.8, 4) is 0 Å². The maximum atomic E-state index is 11.2. The molecule has 0 spiro atoms. The highest BCUT2D eigenvalue weighted by Gasteiger charge is 1.98. The summed E-state index contributed by atoms with van der Waals surface area (Å²) in [4.78, 5) is 2.35. The molecule has 0 unspecified atom stereocenters. The molecule has 0 aliphatic rings. The first-order valence-corrected chi connectivity index (χ1v) is 1.49. The molecule has 42 valence electrons. The molecule has 0 aromatic heterocycles. The molecule has 1 nitrogen and oxygen atoms in total. The van der Waals surface area contributed by atoms with Crippen LogP contribution in [0.5, 0.6) is 0 Å². The van der Waals surface area contributed by atoms with Crippen molar-refractivity contribution in [2.75, 3.05) is 0 Å².